The summed E-state index contributed by atoms with van der Waals surface area (Å²) in [4.78, 5) is 8.84. The fraction of sp³-hybridized carbons (Fsp3) is 0.682. The highest BCUT2D eigenvalue weighted by molar-refractivity contribution is 5.94. The van der Waals surface area contributed by atoms with E-state index in [0.717, 1.165) is 18.5 Å². The topological polar surface area (TPSA) is 42.9 Å². The Kier molecular flexibility index (Phi) is 5.49. The zero-order valence-electron chi connectivity index (χ0n) is 18.4. The summed E-state index contributed by atoms with van der Waals surface area (Å²) in [5.74, 6) is 0.699. The number of rotatable bonds is 3. The molecular weight excluding hydrogens is 353 g/mol. The third-order valence-corrected chi connectivity index (χ3v) is 6.56. The van der Waals surface area contributed by atoms with Crippen LogP contribution in [-0.4, -0.2) is 65.4 Å². The van der Waals surface area contributed by atoms with Crippen molar-refractivity contribution in [1.29, 1.82) is 0 Å². The van der Waals surface area contributed by atoms with Crippen LogP contribution in [0.5, 0.6) is 0 Å². The average Bonchev–Trinajstić information content (AvgIpc) is 2.60. The second-order valence-electron chi connectivity index (χ2n) is 9.88. The molecule has 28 heavy (non-hydrogen) atoms. The quantitative estimate of drug-likeness (QED) is 0.827. The highest BCUT2D eigenvalue weighted by Crippen LogP contribution is 2.38. The molecule has 1 aromatic carbocycles. The van der Waals surface area contributed by atoms with Gasteiger partial charge in [0.05, 0.1) is 6.54 Å². The number of alkyl halides is 1. The molecule has 1 saturated heterocycles. The number of anilines is 1. The number of nitrogens with zero attached hydrogens (tertiary/aromatic N) is 3. The molecule has 0 bridgehead atoms. The molecule has 2 atom stereocenters. The van der Waals surface area contributed by atoms with Crippen LogP contribution in [0.3, 0.4) is 0 Å². The zero-order valence-corrected chi connectivity index (χ0v) is 18.4. The SMILES string of the molecule is CN1C(Nc2ccccc2)=NCC(C)(F)C1NC1CC(C)(C)N(C)C(C)(C)C1. The Morgan fingerprint density at radius 3 is 2.14 bits per heavy atom. The molecular formula is C22H36FN5. The minimum Gasteiger partial charge on any atom is -0.327 e. The minimum absolute atomic E-state index is 0.0541. The largest absolute Gasteiger partial charge is 0.327 e. The van der Waals surface area contributed by atoms with Crippen molar-refractivity contribution in [2.75, 3.05) is 26.0 Å². The molecule has 156 valence electrons. The summed E-state index contributed by atoms with van der Waals surface area (Å²) in [7, 11) is 4.10. The van der Waals surface area contributed by atoms with E-state index in [0.29, 0.717) is 5.96 Å². The van der Waals surface area contributed by atoms with E-state index in [1.807, 2.05) is 42.3 Å². The first kappa shape index (κ1) is 21.1. The molecule has 1 aromatic rings. The first-order chi connectivity index (χ1) is 12.9. The lowest BCUT2D eigenvalue weighted by molar-refractivity contribution is -0.0342. The predicted octanol–water partition coefficient (Wildman–Crippen LogP) is 3.70. The number of hydrogen-bond acceptors (Lipinski definition) is 5. The first-order valence-corrected chi connectivity index (χ1v) is 10.2. The van der Waals surface area contributed by atoms with Crippen LogP contribution < -0.4 is 10.6 Å². The van der Waals surface area contributed by atoms with Crippen LogP contribution in [0.2, 0.25) is 0 Å². The Balaban J connectivity index is 1.77. The maximum atomic E-state index is 15.5. The van der Waals surface area contributed by atoms with Crippen LogP contribution in [0.25, 0.3) is 0 Å². The van der Waals surface area contributed by atoms with Crippen molar-refractivity contribution >= 4 is 11.6 Å². The second-order valence-corrected chi connectivity index (χ2v) is 9.88. The zero-order chi connectivity index (χ0) is 20.7. The molecule has 6 heteroatoms. The Morgan fingerprint density at radius 1 is 1.00 bits per heavy atom. The summed E-state index contributed by atoms with van der Waals surface area (Å²) in [5, 5.41) is 6.99. The van der Waals surface area contributed by atoms with Gasteiger partial charge in [0.15, 0.2) is 11.6 Å². The summed E-state index contributed by atoms with van der Waals surface area (Å²) in [6.07, 6.45) is 1.52. The van der Waals surface area contributed by atoms with Crippen molar-refractivity contribution in [2.24, 2.45) is 4.99 Å². The molecule has 2 aliphatic heterocycles. The Labute approximate surface area is 169 Å². The summed E-state index contributed by atoms with van der Waals surface area (Å²) < 4.78 is 15.5. The molecule has 2 aliphatic rings. The van der Waals surface area contributed by atoms with E-state index in [1.54, 1.807) is 6.92 Å². The monoisotopic (exact) mass is 389 g/mol. The van der Waals surface area contributed by atoms with Crippen molar-refractivity contribution in [3.05, 3.63) is 30.3 Å². The van der Waals surface area contributed by atoms with Crippen LogP contribution in [0.15, 0.2) is 35.3 Å². The third kappa shape index (κ3) is 4.18. The summed E-state index contributed by atoms with van der Waals surface area (Å²) in [6.45, 7) is 10.9. The number of guanidine groups is 1. The smallest absolute Gasteiger partial charge is 0.199 e. The maximum Gasteiger partial charge on any atom is 0.199 e. The van der Waals surface area contributed by atoms with E-state index in [9.17, 15) is 0 Å². The van der Waals surface area contributed by atoms with Crippen LogP contribution >= 0.6 is 0 Å². The number of aliphatic imine (C=N–C) groups is 1. The van der Waals surface area contributed by atoms with Crippen molar-refractivity contribution in [1.82, 2.24) is 15.1 Å². The number of nitrogens with one attached hydrogen (secondary N) is 2. The number of benzene rings is 1. The summed E-state index contributed by atoms with van der Waals surface area (Å²) in [5.41, 5.74) is -0.373. The van der Waals surface area contributed by atoms with Crippen molar-refractivity contribution in [3.63, 3.8) is 0 Å². The predicted molar refractivity (Wildman–Crippen MR) is 116 cm³/mol. The molecule has 1 fully saturated rings. The minimum atomic E-state index is -1.44. The van der Waals surface area contributed by atoms with Gasteiger partial charge in [-0.1, -0.05) is 18.2 Å². The Bertz CT molecular complexity index is 695. The number of halogens is 1. The number of likely N-dealkylation sites (tertiary alicyclic amines) is 1. The molecule has 0 aromatic heterocycles. The van der Waals surface area contributed by atoms with Gasteiger partial charge in [-0.05, 0) is 66.6 Å². The maximum absolute atomic E-state index is 15.5. The van der Waals surface area contributed by atoms with Gasteiger partial charge in [-0.3, -0.25) is 10.2 Å². The highest BCUT2D eigenvalue weighted by atomic mass is 19.1. The van der Waals surface area contributed by atoms with E-state index in [4.69, 9.17) is 0 Å². The van der Waals surface area contributed by atoms with Crippen molar-refractivity contribution in [3.8, 4) is 0 Å². The summed E-state index contributed by atoms with van der Waals surface area (Å²) >= 11 is 0. The molecule has 2 heterocycles. The Hall–Kier alpha value is -1.66. The van der Waals surface area contributed by atoms with E-state index in [1.165, 1.54) is 0 Å². The molecule has 2 unspecified atom stereocenters. The lowest BCUT2D eigenvalue weighted by atomic mass is 9.77. The number of piperidine rings is 1. The fourth-order valence-corrected chi connectivity index (χ4v) is 4.73. The third-order valence-electron chi connectivity index (χ3n) is 6.56. The molecule has 0 aliphatic carbocycles. The average molecular weight is 390 g/mol. The second kappa shape index (κ2) is 7.30. The van der Waals surface area contributed by atoms with Gasteiger partial charge < -0.3 is 10.2 Å². The van der Waals surface area contributed by atoms with Crippen LogP contribution in [0.1, 0.15) is 47.5 Å². The van der Waals surface area contributed by atoms with Gasteiger partial charge in [0.2, 0.25) is 0 Å². The lowest BCUT2D eigenvalue weighted by Crippen LogP contribution is -2.68. The van der Waals surface area contributed by atoms with Gasteiger partial charge in [-0.25, -0.2) is 9.38 Å². The number of para-hydroxylation sites is 1. The molecule has 5 nitrogen and oxygen atoms in total. The van der Waals surface area contributed by atoms with Gasteiger partial charge in [0.25, 0.3) is 0 Å². The van der Waals surface area contributed by atoms with Crippen LogP contribution in [0.4, 0.5) is 10.1 Å². The Morgan fingerprint density at radius 2 is 1.57 bits per heavy atom. The normalized spacial score (nSPS) is 30.8. The molecule has 0 amide bonds. The fourth-order valence-electron chi connectivity index (χ4n) is 4.73. The van der Waals surface area contributed by atoms with Gasteiger partial charge in [0.1, 0.15) is 6.17 Å². The molecule has 3 rings (SSSR count). The molecule has 2 N–H and O–H groups in total. The van der Waals surface area contributed by atoms with Gasteiger partial charge >= 0.3 is 0 Å². The van der Waals surface area contributed by atoms with Crippen molar-refractivity contribution < 1.29 is 4.39 Å². The number of hydrogen-bond donors (Lipinski definition) is 2. The molecule has 0 saturated carbocycles. The van der Waals surface area contributed by atoms with E-state index >= 15 is 4.39 Å². The van der Waals surface area contributed by atoms with E-state index in [2.05, 4.69) is 55.3 Å². The van der Waals surface area contributed by atoms with Gasteiger partial charge in [0, 0.05) is 29.9 Å². The summed E-state index contributed by atoms with van der Waals surface area (Å²) in [6, 6.07) is 10.1. The molecule has 0 spiro atoms. The van der Waals surface area contributed by atoms with Crippen molar-refractivity contribution in [2.45, 2.75) is 76.4 Å². The standard InChI is InChI=1S/C22H36FN5/c1-20(2)13-17(14-21(3,4)28(20)7)25-18-22(5,23)15-24-19(27(18)6)26-16-11-9-8-10-12-16/h8-12,17-18,25H,13-15H2,1-7H3,(H,24,26). The van der Waals surface area contributed by atoms with Crippen LogP contribution in [-0.2, 0) is 0 Å². The van der Waals surface area contributed by atoms with E-state index < -0.39 is 11.8 Å². The van der Waals surface area contributed by atoms with Gasteiger partial charge in [-0.2, -0.15) is 0 Å². The van der Waals surface area contributed by atoms with Crippen LogP contribution in [0, 0.1) is 0 Å². The molecule has 0 radical (unpaired) electrons. The van der Waals surface area contributed by atoms with E-state index in [-0.39, 0.29) is 23.7 Å². The van der Waals surface area contributed by atoms with Gasteiger partial charge in [-0.15, -0.1) is 0 Å². The lowest BCUT2D eigenvalue weighted by Gasteiger charge is -2.55. The highest BCUT2D eigenvalue weighted by Gasteiger charge is 2.47. The first-order valence-electron chi connectivity index (χ1n) is 10.2.